The van der Waals surface area contributed by atoms with Crippen molar-refractivity contribution >= 4 is 22.0 Å². The van der Waals surface area contributed by atoms with Crippen molar-refractivity contribution in [3.05, 3.63) is 29.8 Å². The molecule has 0 aromatic heterocycles. The first-order valence-corrected chi connectivity index (χ1v) is 9.69. The summed E-state index contributed by atoms with van der Waals surface area (Å²) in [7, 11) is -2.62. The van der Waals surface area contributed by atoms with Crippen molar-refractivity contribution in [1.82, 2.24) is 4.72 Å². The fraction of sp³-hybridized carbons (Fsp3) is 0.529. The number of unbranched alkanes of at least 4 members (excludes halogenated alkanes) is 1. The molecule has 1 aromatic carbocycles. The van der Waals surface area contributed by atoms with Gasteiger partial charge in [-0.3, -0.25) is 9.59 Å². The Labute approximate surface area is 147 Å². The first-order valence-electron chi connectivity index (χ1n) is 8.21. The molecule has 0 saturated heterocycles. The second-order valence-electron chi connectivity index (χ2n) is 6.25. The number of sulfonamides is 1. The van der Waals surface area contributed by atoms with Crippen molar-refractivity contribution in [2.24, 2.45) is 0 Å². The van der Waals surface area contributed by atoms with Gasteiger partial charge in [-0.2, -0.15) is 4.72 Å². The molecule has 1 aromatic rings. The summed E-state index contributed by atoms with van der Waals surface area (Å²) in [4.78, 5) is 23.1. The predicted molar refractivity (Wildman–Crippen MR) is 90.6 cm³/mol. The van der Waals surface area contributed by atoms with E-state index in [-0.39, 0.29) is 17.3 Å². The lowest BCUT2D eigenvalue weighted by atomic mass is 9.96. The minimum absolute atomic E-state index is 0.0281. The van der Waals surface area contributed by atoms with Crippen LogP contribution >= 0.6 is 0 Å². The Morgan fingerprint density at radius 2 is 1.88 bits per heavy atom. The zero-order valence-corrected chi connectivity index (χ0v) is 15.1. The maximum absolute atomic E-state index is 12.4. The summed E-state index contributed by atoms with van der Waals surface area (Å²) < 4.78 is 31.9. The molecule has 0 heterocycles. The Hall–Kier alpha value is -1.93. The highest BCUT2D eigenvalue weighted by molar-refractivity contribution is 7.89. The van der Waals surface area contributed by atoms with Crippen LogP contribution in [0.25, 0.3) is 0 Å². The number of ether oxygens (including phenoxy) is 1. The SMILES string of the molecule is CCCCC(NS(=O)(=O)c1ccc(C2(C(=O)OC)CC2)cc1)C(=O)O. The number of carbonyl (C=O) groups is 2. The molecule has 2 rings (SSSR count). The van der Waals surface area contributed by atoms with E-state index in [1.54, 1.807) is 12.1 Å². The Kier molecular flexibility index (Phi) is 5.84. The van der Waals surface area contributed by atoms with E-state index >= 15 is 0 Å². The van der Waals surface area contributed by atoms with Gasteiger partial charge in [-0.25, -0.2) is 8.42 Å². The van der Waals surface area contributed by atoms with E-state index in [4.69, 9.17) is 4.74 Å². The van der Waals surface area contributed by atoms with Crippen LogP contribution in [0.3, 0.4) is 0 Å². The van der Waals surface area contributed by atoms with Crippen molar-refractivity contribution in [3.8, 4) is 0 Å². The van der Waals surface area contributed by atoms with Crippen LogP contribution in [0.2, 0.25) is 0 Å². The summed E-state index contributed by atoms with van der Waals surface area (Å²) in [5.41, 5.74) is 0.0360. The van der Waals surface area contributed by atoms with E-state index in [2.05, 4.69) is 4.72 Å². The third-order valence-electron chi connectivity index (χ3n) is 4.49. The van der Waals surface area contributed by atoms with Crippen molar-refractivity contribution in [1.29, 1.82) is 0 Å². The zero-order valence-electron chi connectivity index (χ0n) is 14.3. The first kappa shape index (κ1) is 19.4. The lowest BCUT2D eigenvalue weighted by Crippen LogP contribution is -2.40. The van der Waals surface area contributed by atoms with Gasteiger partial charge < -0.3 is 9.84 Å². The summed E-state index contributed by atoms with van der Waals surface area (Å²) in [5.74, 6) is -1.52. The summed E-state index contributed by atoms with van der Waals surface area (Å²) >= 11 is 0. The topological polar surface area (TPSA) is 110 Å². The molecule has 8 heteroatoms. The van der Waals surface area contributed by atoms with Gasteiger partial charge in [-0.05, 0) is 37.0 Å². The molecule has 1 aliphatic rings. The van der Waals surface area contributed by atoms with E-state index in [0.717, 1.165) is 6.42 Å². The summed E-state index contributed by atoms with van der Waals surface area (Å²) in [5, 5.41) is 9.18. The molecule has 138 valence electrons. The van der Waals surface area contributed by atoms with Crippen LogP contribution in [0.4, 0.5) is 0 Å². The Morgan fingerprint density at radius 1 is 1.28 bits per heavy atom. The van der Waals surface area contributed by atoms with E-state index in [0.29, 0.717) is 24.8 Å². The molecular weight excluding hydrogens is 346 g/mol. The minimum atomic E-state index is -3.95. The molecule has 1 saturated carbocycles. The highest BCUT2D eigenvalue weighted by Gasteiger charge is 2.52. The van der Waals surface area contributed by atoms with Crippen LogP contribution in [-0.2, 0) is 29.8 Å². The van der Waals surface area contributed by atoms with Gasteiger partial charge in [-0.15, -0.1) is 0 Å². The van der Waals surface area contributed by atoms with E-state index in [1.165, 1.54) is 19.2 Å². The van der Waals surface area contributed by atoms with Crippen molar-refractivity contribution in [3.63, 3.8) is 0 Å². The standard InChI is InChI=1S/C17H23NO6S/c1-3-4-5-14(15(19)20)18-25(22,23)13-8-6-12(7-9-13)17(10-11-17)16(21)24-2/h6-9,14,18H,3-5,10-11H2,1-2H3,(H,19,20). The molecular formula is C17H23NO6S. The second kappa shape index (κ2) is 7.53. The second-order valence-corrected chi connectivity index (χ2v) is 7.97. The van der Waals surface area contributed by atoms with Crippen LogP contribution in [0.5, 0.6) is 0 Å². The number of aliphatic carboxylic acids is 1. The van der Waals surface area contributed by atoms with Crippen LogP contribution in [0.15, 0.2) is 29.2 Å². The zero-order chi connectivity index (χ0) is 18.7. The monoisotopic (exact) mass is 369 g/mol. The number of carboxylic acid groups (broad SMARTS) is 1. The molecule has 1 unspecified atom stereocenters. The van der Waals surface area contributed by atoms with Gasteiger partial charge in [0, 0.05) is 0 Å². The lowest BCUT2D eigenvalue weighted by molar-refractivity contribution is -0.143. The fourth-order valence-electron chi connectivity index (χ4n) is 2.78. The number of nitrogens with one attached hydrogen (secondary N) is 1. The van der Waals surface area contributed by atoms with Gasteiger partial charge in [-0.1, -0.05) is 31.9 Å². The average Bonchev–Trinajstić information content (AvgIpc) is 3.39. The van der Waals surface area contributed by atoms with E-state index < -0.39 is 27.4 Å². The highest BCUT2D eigenvalue weighted by Crippen LogP contribution is 2.49. The molecule has 2 N–H and O–H groups in total. The van der Waals surface area contributed by atoms with Gasteiger partial charge in [0.1, 0.15) is 6.04 Å². The maximum atomic E-state index is 12.4. The number of hydrogen-bond donors (Lipinski definition) is 2. The number of carbonyl (C=O) groups excluding carboxylic acids is 1. The fourth-order valence-corrected chi connectivity index (χ4v) is 4.00. The van der Waals surface area contributed by atoms with Gasteiger partial charge in [0.15, 0.2) is 0 Å². The van der Waals surface area contributed by atoms with Crippen molar-refractivity contribution in [2.75, 3.05) is 7.11 Å². The Balaban J connectivity index is 2.17. The van der Waals surface area contributed by atoms with Gasteiger partial charge in [0.2, 0.25) is 10.0 Å². The lowest BCUT2D eigenvalue weighted by Gasteiger charge is -2.16. The number of carboxylic acids is 1. The molecule has 1 fully saturated rings. The number of esters is 1. The largest absolute Gasteiger partial charge is 0.480 e. The molecule has 0 aliphatic heterocycles. The Morgan fingerprint density at radius 3 is 2.32 bits per heavy atom. The number of benzene rings is 1. The number of rotatable bonds is 9. The molecule has 0 amide bonds. The van der Waals surface area contributed by atoms with Crippen LogP contribution < -0.4 is 4.72 Å². The molecule has 0 radical (unpaired) electrons. The normalized spacial score (nSPS) is 16.9. The predicted octanol–water partition coefficient (Wildman–Crippen LogP) is 1.81. The molecule has 0 spiro atoms. The minimum Gasteiger partial charge on any atom is -0.480 e. The molecule has 1 atom stereocenters. The van der Waals surface area contributed by atoms with Crippen LogP contribution in [0.1, 0.15) is 44.6 Å². The molecule has 25 heavy (non-hydrogen) atoms. The van der Waals surface area contributed by atoms with Gasteiger partial charge >= 0.3 is 11.9 Å². The third kappa shape index (κ3) is 4.19. The smallest absolute Gasteiger partial charge is 0.321 e. The molecule has 7 nitrogen and oxygen atoms in total. The summed E-state index contributed by atoms with van der Waals surface area (Å²) in [6, 6.07) is 4.79. The van der Waals surface area contributed by atoms with Crippen LogP contribution in [0, 0.1) is 0 Å². The quantitative estimate of drug-likeness (QED) is 0.643. The summed E-state index contributed by atoms with van der Waals surface area (Å²) in [6.07, 6.45) is 2.95. The van der Waals surface area contributed by atoms with Crippen molar-refractivity contribution < 1.29 is 27.9 Å². The maximum Gasteiger partial charge on any atom is 0.321 e. The Bertz CT molecular complexity index is 737. The van der Waals surface area contributed by atoms with Crippen LogP contribution in [-0.4, -0.2) is 38.6 Å². The number of hydrogen-bond acceptors (Lipinski definition) is 5. The van der Waals surface area contributed by atoms with Gasteiger partial charge in [0.05, 0.1) is 17.4 Å². The molecule has 1 aliphatic carbocycles. The molecule has 0 bridgehead atoms. The van der Waals surface area contributed by atoms with E-state index in [1.807, 2.05) is 6.92 Å². The first-order chi connectivity index (χ1) is 11.8. The summed E-state index contributed by atoms with van der Waals surface area (Å²) in [6.45, 7) is 1.90. The van der Waals surface area contributed by atoms with Gasteiger partial charge in [0.25, 0.3) is 0 Å². The highest BCUT2D eigenvalue weighted by atomic mass is 32.2. The average molecular weight is 369 g/mol. The van der Waals surface area contributed by atoms with E-state index in [9.17, 15) is 23.1 Å². The number of methoxy groups -OCH3 is 1. The third-order valence-corrected chi connectivity index (χ3v) is 5.97. The van der Waals surface area contributed by atoms with Crippen molar-refractivity contribution in [2.45, 2.75) is 55.4 Å².